The molecule has 0 fully saturated rings. The summed E-state index contributed by atoms with van der Waals surface area (Å²) in [5, 5.41) is 9.70. The van der Waals surface area contributed by atoms with E-state index in [9.17, 15) is 0 Å². The van der Waals surface area contributed by atoms with Crippen molar-refractivity contribution in [2.45, 2.75) is 11.4 Å². The Kier molecular flexibility index (Phi) is 4.55. The number of benzene rings is 1. The van der Waals surface area contributed by atoms with Gasteiger partial charge < -0.3 is 9.84 Å². The standard InChI is InChI=1S/C13H14N2O2S/c1-18-13-8-12(14-9-15-13)17-11-4-2-10(3-5-11)6-7-16/h2-5,8-9,16H,6-7H2,1H3. The normalized spacial score (nSPS) is 10.3. The van der Waals surface area contributed by atoms with E-state index in [2.05, 4.69) is 9.97 Å². The molecule has 2 aromatic rings. The third kappa shape index (κ3) is 3.45. The first-order chi connectivity index (χ1) is 8.81. The molecule has 0 saturated carbocycles. The second-order valence-corrected chi connectivity index (χ2v) is 4.44. The molecule has 0 aliphatic heterocycles. The Balaban J connectivity index is 2.08. The third-order valence-corrected chi connectivity index (χ3v) is 3.01. The van der Waals surface area contributed by atoms with Crippen molar-refractivity contribution >= 4 is 11.8 Å². The highest BCUT2D eigenvalue weighted by atomic mass is 32.2. The highest BCUT2D eigenvalue weighted by Gasteiger charge is 2.01. The van der Waals surface area contributed by atoms with Crippen LogP contribution in [-0.2, 0) is 6.42 Å². The Morgan fingerprint density at radius 1 is 1.22 bits per heavy atom. The Morgan fingerprint density at radius 2 is 2.00 bits per heavy atom. The van der Waals surface area contributed by atoms with Crippen LogP contribution < -0.4 is 4.74 Å². The summed E-state index contributed by atoms with van der Waals surface area (Å²) in [4.78, 5) is 8.14. The van der Waals surface area contributed by atoms with E-state index in [0.717, 1.165) is 16.3 Å². The summed E-state index contributed by atoms with van der Waals surface area (Å²) in [6.07, 6.45) is 4.10. The Labute approximate surface area is 110 Å². The highest BCUT2D eigenvalue weighted by Crippen LogP contribution is 2.22. The minimum absolute atomic E-state index is 0.156. The van der Waals surface area contributed by atoms with Gasteiger partial charge >= 0.3 is 0 Å². The van der Waals surface area contributed by atoms with Gasteiger partial charge in [0.2, 0.25) is 5.88 Å². The van der Waals surface area contributed by atoms with Crippen LogP contribution in [0.5, 0.6) is 11.6 Å². The molecule has 0 aliphatic rings. The van der Waals surface area contributed by atoms with Crippen molar-refractivity contribution in [3.63, 3.8) is 0 Å². The molecule has 5 heteroatoms. The molecule has 0 aliphatic carbocycles. The van der Waals surface area contributed by atoms with Crippen LogP contribution in [0.15, 0.2) is 41.7 Å². The van der Waals surface area contributed by atoms with Crippen molar-refractivity contribution in [3.8, 4) is 11.6 Å². The topological polar surface area (TPSA) is 55.2 Å². The van der Waals surface area contributed by atoms with E-state index in [-0.39, 0.29) is 6.61 Å². The van der Waals surface area contributed by atoms with Gasteiger partial charge in [-0.25, -0.2) is 9.97 Å². The Bertz CT molecular complexity index is 503. The molecular formula is C13H14N2O2S. The first kappa shape index (κ1) is 12.9. The van der Waals surface area contributed by atoms with Crippen molar-refractivity contribution in [3.05, 3.63) is 42.2 Å². The molecule has 0 amide bonds. The van der Waals surface area contributed by atoms with Crippen LogP contribution in [0.3, 0.4) is 0 Å². The van der Waals surface area contributed by atoms with E-state index in [1.165, 1.54) is 6.33 Å². The molecule has 0 unspecified atom stereocenters. The van der Waals surface area contributed by atoms with Gasteiger partial charge in [-0.15, -0.1) is 11.8 Å². The number of aromatic nitrogens is 2. The second-order valence-electron chi connectivity index (χ2n) is 3.62. The van der Waals surface area contributed by atoms with Gasteiger partial charge in [0.05, 0.1) is 0 Å². The SMILES string of the molecule is CSc1cc(Oc2ccc(CCO)cc2)ncn1. The fourth-order valence-corrected chi connectivity index (χ4v) is 1.84. The molecule has 0 bridgehead atoms. The number of aliphatic hydroxyl groups excluding tert-OH is 1. The van der Waals surface area contributed by atoms with Gasteiger partial charge in [-0.3, -0.25) is 0 Å². The lowest BCUT2D eigenvalue weighted by Crippen LogP contribution is -1.92. The summed E-state index contributed by atoms with van der Waals surface area (Å²) in [5.74, 6) is 1.26. The van der Waals surface area contributed by atoms with Crippen molar-refractivity contribution < 1.29 is 9.84 Å². The molecule has 0 atom stereocenters. The molecule has 1 heterocycles. The quantitative estimate of drug-likeness (QED) is 0.663. The van der Waals surface area contributed by atoms with Crippen LogP contribution in [0, 0.1) is 0 Å². The second kappa shape index (κ2) is 6.37. The fourth-order valence-electron chi connectivity index (χ4n) is 1.46. The van der Waals surface area contributed by atoms with Crippen LogP contribution in [-0.4, -0.2) is 27.9 Å². The lowest BCUT2D eigenvalue weighted by atomic mass is 10.1. The molecule has 1 aromatic carbocycles. The minimum Gasteiger partial charge on any atom is -0.439 e. The van der Waals surface area contributed by atoms with E-state index in [4.69, 9.17) is 9.84 Å². The summed E-state index contributed by atoms with van der Waals surface area (Å²) >= 11 is 1.54. The number of hydrogen-bond donors (Lipinski definition) is 1. The van der Waals surface area contributed by atoms with Crippen LogP contribution in [0.1, 0.15) is 5.56 Å². The van der Waals surface area contributed by atoms with Crippen LogP contribution in [0.25, 0.3) is 0 Å². The summed E-state index contributed by atoms with van der Waals surface area (Å²) in [6, 6.07) is 9.40. The maximum atomic E-state index is 8.83. The highest BCUT2D eigenvalue weighted by molar-refractivity contribution is 7.98. The number of ether oxygens (including phenoxy) is 1. The van der Waals surface area contributed by atoms with Gasteiger partial charge in [0.15, 0.2) is 0 Å². The van der Waals surface area contributed by atoms with Gasteiger partial charge in [0, 0.05) is 12.7 Å². The third-order valence-electron chi connectivity index (χ3n) is 2.37. The molecule has 2 rings (SSSR count). The lowest BCUT2D eigenvalue weighted by Gasteiger charge is -2.06. The van der Waals surface area contributed by atoms with Gasteiger partial charge in [-0.05, 0) is 30.4 Å². The lowest BCUT2D eigenvalue weighted by molar-refractivity contribution is 0.299. The molecule has 1 aromatic heterocycles. The maximum Gasteiger partial charge on any atom is 0.223 e. The number of rotatable bonds is 5. The van der Waals surface area contributed by atoms with Crippen molar-refractivity contribution in [1.82, 2.24) is 9.97 Å². The van der Waals surface area contributed by atoms with Gasteiger partial charge in [0.1, 0.15) is 17.1 Å². The Hall–Kier alpha value is -1.59. The zero-order valence-corrected chi connectivity index (χ0v) is 10.9. The van der Waals surface area contributed by atoms with E-state index < -0.39 is 0 Å². The summed E-state index contributed by atoms with van der Waals surface area (Å²) in [5.41, 5.74) is 1.08. The molecule has 4 nitrogen and oxygen atoms in total. The largest absolute Gasteiger partial charge is 0.439 e. The van der Waals surface area contributed by atoms with Crippen molar-refractivity contribution in [2.75, 3.05) is 12.9 Å². The molecule has 0 saturated heterocycles. The average Bonchev–Trinajstić information content (AvgIpc) is 2.42. The molecule has 94 valence electrons. The summed E-state index contributed by atoms with van der Waals surface area (Å²) in [6.45, 7) is 0.156. The van der Waals surface area contributed by atoms with Crippen LogP contribution in [0.4, 0.5) is 0 Å². The fraction of sp³-hybridized carbons (Fsp3) is 0.231. The number of hydrogen-bond acceptors (Lipinski definition) is 5. The van der Waals surface area contributed by atoms with E-state index in [0.29, 0.717) is 12.3 Å². The first-order valence-corrected chi connectivity index (χ1v) is 6.78. The molecule has 18 heavy (non-hydrogen) atoms. The zero-order valence-electron chi connectivity index (χ0n) is 10.0. The van der Waals surface area contributed by atoms with Crippen LogP contribution in [0.2, 0.25) is 0 Å². The molecule has 1 N–H and O–H groups in total. The van der Waals surface area contributed by atoms with Gasteiger partial charge in [-0.1, -0.05) is 12.1 Å². The summed E-state index contributed by atoms with van der Waals surface area (Å²) in [7, 11) is 0. The molecule has 0 spiro atoms. The summed E-state index contributed by atoms with van der Waals surface area (Å²) < 4.78 is 5.63. The minimum atomic E-state index is 0.156. The molecule has 0 radical (unpaired) electrons. The van der Waals surface area contributed by atoms with Crippen molar-refractivity contribution in [1.29, 1.82) is 0 Å². The maximum absolute atomic E-state index is 8.83. The van der Waals surface area contributed by atoms with E-state index >= 15 is 0 Å². The molecular weight excluding hydrogens is 248 g/mol. The van der Waals surface area contributed by atoms with Crippen molar-refractivity contribution in [2.24, 2.45) is 0 Å². The average molecular weight is 262 g/mol. The monoisotopic (exact) mass is 262 g/mol. The smallest absolute Gasteiger partial charge is 0.223 e. The predicted molar refractivity (Wildman–Crippen MR) is 71.1 cm³/mol. The number of aliphatic hydroxyl groups is 1. The zero-order chi connectivity index (χ0) is 12.8. The van der Waals surface area contributed by atoms with Gasteiger partial charge in [0.25, 0.3) is 0 Å². The van der Waals surface area contributed by atoms with Gasteiger partial charge in [-0.2, -0.15) is 0 Å². The Morgan fingerprint density at radius 3 is 2.67 bits per heavy atom. The number of nitrogens with zero attached hydrogens (tertiary/aromatic N) is 2. The number of thioether (sulfide) groups is 1. The predicted octanol–water partition coefficient (Wildman–Crippen LogP) is 2.53. The van der Waals surface area contributed by atoms with E-state index in [1.807, 2.05) is 30.5 Å². The van der Waals surface area contributed by atoms with Crippen LogP contribution >= 0.6 is 11.8 Å². The van der Waals surface area contributed by atoms with E-state index in [1.54, 1.807) is 17.8 Å². The first-order valence-electron chi connectivity index (χ1n) is 5.55.